The number of rotatable bonds is 7. The molecule has 3 N–H and O–H groups in total. The Morgan fingerprint density at radius 3 is 2.70 bits per heavy atom. The molecular weight excluding hydrogens is 256 g/mol. The van der Waals surface area contributed by atoms with Crippen LogP contribution in [0.15, 0.2) is 30.3 Å². The van der Waals surface area contributed by atoms with E-state index in [4.69, 9.17) is 4.74 Å². The molecule has 1 aromatic carbocycles. The molecule has 20 heavy (non-hydrogen) atoms. The molecule has 1 heterocycles. The topological polar surface area (TPSA) is 70.6 Å². The summed E-state index contributed by atoms with van der Waals surface area (Å²) >= 11 is 0. The molecule has 1 aliphatic heterocycles. The van der Waals surface area contributed by atoms with Crippen molar-refractivity contribution in [2.45, 2.75) is 25.0 Å². The fraction of sp³-hybridized carbons (Fsp3) is 0.533. The summed E-state index contributed by atoms with van der Waals surface area (Å²) in [4.78, 5) is 11.8. The summed E-state index contributed by atoms with van der Waals surface area (Å²) in [5, 5.41) is 15.3. The van der Waals surface area contributed by atoms with Crippen molar-refractivity contribution in [1.82, 2.24) is 10.6 Å². The first kappa shape index (κ1) is 15.0. The normalized spacial score (nSPS) is 18.1. The van der Waals surface area contributed by atoms with E-state index in [1.165, 1.54) is 0 Å². The Morgan fingerprint density at radius 2 is 2.15 bits per heavy atom. The molecule has 1 atom stereocenters. The molecule has 1 aromatic rings. The second kappa shape index (κ2) is 6.83. The fourth-order valence-electron chi connectivity index (χ4n) is 2.15. The average molecular weight is 278 g/mol. The van der Waals surface area contributed by atoms with Crippen molar-refractivity contribution >= 4 is 5.91 Å². The number of aliphatic hydroxyl groups is 1. The van der Waals surface area contributed by atoms with E-state index in [-0.39, 0.29) is 30.8 Å². The van der Waals surface area contributed by atoms with E-state index in [1.54, 1.807) is 0 Å². The number of nitrogens with one attached hydrogen (secondary N) is 2. The van der Waals surface area contributed by atoms with Gasteiger partial charge in [-0.3, -0.25) is 4.79 Å². The van der Waals surface area contributed by atoms with E-state index in [2.05, 4.69) is 10.6 Å². The van der Waals surface area contributed by atoms with Gasteiger partial charge in [-0.1, -0.05) is 30.3 Å². The first-order valence-electron chi connectivity index (χ1n) is 6.90. The van der Waals surface area contributed by atoms with Crippen LogP contribution in [0.3, 0.4) is 0 Å². The summed E-state index contributed by atoms with van der Waals surface area (Å²) in [6.45, 7) is 3.47. The minimum absolute atomic E-state index is 0.0312. The molecule has 1 fully saturated rings. The van der Waals surface area contributed by atoms with Crippen LogP contribution in [0, 0.1) is 0 Å². The second-order valence-corrected chi connectivity index (χ2v) is 5.48. The molecule has 0 radical (unpaired) electrons. The lowest BCUT2D eigenvalue weighted by molar-refractivity contribution is -0.136. The van der Waals surface area contributed by atoms with Crippen LogP contribution in [0.4, 0.5) is 0 Å². The van der Waals surface area contributed by atoms with Gasteiger partial charge in [-0.15, -0.1) is 0 Å². The van der Waals surface area contributed by atoms with Gasteiger partial charge < -0.3 is 20.5 Å². The summed E-state index contributed by atoms with van der Waals surface area (Å²) in [7, 11) is 0. The highest BCUT2D eigenvalue weighted by Crippen LogP contribution is 2.14. The number of hydrogen-bond acceptors (Lipinski definition) is 4. The minimum Gasteiger partial charge on any atom is -0.394 e. The quantitative estimate of drug-likeness (QED) is 0.661. The third-order valence-electron chi connectivity index (χ3n) is 3.46. The molecule has 0 spiro atoms. The van der Waals surface area contributed by atoms with Crippen LogP contribution in [-0.4, -0.2) is 49.0 Å². The molecule has 0 saturated carbocycles. The molecule has 1 saturated heterocycles. The molecule has 0 aromatic heterocycles. The Hall–Kier alpha value is -1.43. The maximum absolute atomic E-state index is 11.8. The molecule has 5 heteroatoms. The molecule has 2 rings (SSSR count). The molecule has 1 amide bonds. The van der Waals surface area contributed by atoms with Crippen LogP contribution in [0.5, 0.6) is 0 Å². The van der Waals surface area contributed by atoms with Crippen LogP contribution in [-0.2, 0) is 16.0 Å². The highest BCUT2D eigenvalue weighted by atomic mass is 16.5. The van der Waals surface area contributed by atoms with Crippen LogP contribution in [0.25, 0.3) is 0 Å². The predicted molar refractivity (Wildman–Crippen MR) is 76.4 cm³/mol. The SMILES string of the molecule is CC1(OCC(=O)NC(CO)Cc2ccccc2)CNC1. The Kier molecular flexibility index (Phi) is 5.11. The lowest BCUT2D eigenvalue weighted by Crippen LogP contribution is -2.59. The van der Waals surface area contributed by atoms with Gasteiger partial charge in [0, 0.05) is 13.1 Å². The van der Waals surface area contributed by atoms with Crippen molar-refractivity contribution in [2.24, 2.45) is 0 Å². The third kappa shape index (κ3) is 4.30. The van der Waals surface area contributed by atoms with Crippen molar-refractivity contribution < 1.29 is 14.6 Å². The number of hydrogen-bond donors (Lipinski definition) is 3. The number of carbonyl (C=O) groups excluding carboxylic acids is 1. The zero-order chi connectivity index (χ0) is 14.4. The van der Waals surface area contributed by atoms with Crippen molar-refractivity contribution in [3.05, 3.63) is 35.9 Å². The fourth-order valence-corrected chi connectivity index (χ4v) is 2.15. The van der Waals surface area contributed by atoms with Gasteiger partial charge in [0.05, 0.1) is 18.2 Å². The van der Waals surface area contributed by atoms with Crippen LogP contribution < -0.4 is 10.6 Å². The van der Waals surface area contributed by atoms with E-state index in [9.17, 15) is 9.90 Å². The first-order valence-corrected chi connectivity index (χ1v) is 6.90. The number of amides is 1. The van der Waals surface area contributed by atoms with E-state index in [0.717, 1.165) is 18.7 Å². The number of carbonyl (C=O) groups is 1. The number of aliphatic hydroxyl groups excluding tert-OH is 1. The summed E-state index contributed by atoms with van der Waals surface area (Å²) in [5.74, 6) is -0.187. The summed E-state index contributed by atoms with van der Waals surface area (Å²) < 4.78 is 5.57. The third-order valence-corrected chi connectivity index (χ3v) is 3.46. The first-order chi connectivity index (χ1) is 9.61. The Labute approximate surface area is 119 Å². The zero-order valence-corrected chi connectivity index (χ0v) is 11.8. The lowest BCUT2D eigenvalue weighted by Gasteiger charge is -2.38. The van der Waals surface area contributed by atoms with Gasteiger partial charge in [0.25, 0.3) is 0 Å². The van der Waals surface area contributed by atoms with Gasteiger partial charge in [-0.25, -0.2) is 0 Å². The Bertz CT molecular complexity index is 432. The summed E-state index contributed by atoms with van der Waals surface area (Å²) in [6.07, 6.45) is 0.613. The smallest absolute Gasteiger partial charge is 0.246 e. The molecule has 110 valence electrons. The van der Waals surface area contributed by atoms with Gasteiger partial charge in [0.15, 0.2) is 0 Å². The van der Waals surface area contributed by atoms with Crippen LogP contribution >= 0.6 is 0 Å². The highest BCUT2D eigenvalue weighted by molar-refractivity contribution is 5.77. The standard InChI is InChI=1S/C15H22N2O3/c1-15(10-16-11-15)20-9-14(19)17-13(8-18)7-12-5-3-2-4-6-12/h2-6,13,16,18H,7-11H2,1H3,(H,17,19). The molecule has 0 bridgehead atoms. The Morgan fingerprint density at radius 1 is 1.45 bits per heavy atom. The largest absolute Gasteiger partial charge is 0.394 e. The molecule has 1 unspecified atom stereocenters. The van der Waals surface area contributed by atoms with Gasteiger partial charge in [0.2, 0.25) is 5.91 Å². The molecule has 1 aliphatic rings. The zero-order valence-electron chi connectivity index (χ0n) is 11.8. The monoisotopic (exact) mass is 278 g/mol. The number of ether oxygens (including phenoxy) is 1. The minimum atomic E-state index is -0.277. The van der Waals surface area contributed by atoms with Crippen LogP contribution in [0.2, 0.25) is 0 Å². The maximum atomic E-state index is 11.8. The summed E-state index contributed by atoms with van der Waals surface area (Å²) in [6, 6.07) is 9.51. The second-order valence-electron chi connectivity index (χ2n) is 5.48. The molecule has 5 nitrogen and oxygen atoms in total. The molecule has 0 aliphatic carbocycles. The Balaban J connectivity index is 1.76. The van der Waals surface area contributed by atoms with Crippen molar-refractivity contribution in [2.75, 3.05) is 26.3 Å². The van der Waals surface area contributed by atoms with Gasteiger partial charge >= 0.3 is 0 Å². The predicted octanol–water partition coefficient (Wildman–Crippen LogP) is 0.0847. The highest BCUT2D eigenvalue weighted by Gasteiger charge is 2.33. The number of benzene rings is 1. The average Bonchev–Trinajstić information content (AvgIpc) is 2.43. The van der Waals surface area contributed by atoms with E-state index in [1.807, 2.05) is 37.3 Å². The van der Waals surface area contributed by atoms with Crippen LogP contribution in [0.1, 0.15) is 12.5 Å². The van der Waals surface area contributed by atoms with E-state index in [0.29, 0.717) is 6.42 Å². The van der Waals surface area contributed by atoms with E-state index >= 15 is 0 Å². The maximum Gasteiger partial charge on any atom is 0.246 e. The van der Waals surface area contributed by atoms with Crippen molar-refractivity contribution in [1.29, 1.82) is 0 Å². The molecular formula is C15H22N2O3. The van der Waals surface area contributed by atoms with Gasteiger partial charge in [-0.2, -0.15) is 0 Å². The van der Waals surface area contributed by atoms with Gasteiger partial charge in [0.1, 0.15) is 6.61 Å². The van der Waals surface area contributed by atoms with Crippen molar-refractivity contribution in [3.8, 4) is 0 Å². The van der Waals surface area contributed by atoms with Crippen molar-refractivity contribution in [3.63, 3.8) is 0 Å². The van der Waals surface area contributed by atoms with Gasteiger partial charge in [-0.05, 0) is 18.9 Å². The van der Waals surface area contributed by atoms with E-state index < -0.39 is 0 Å². The lowest BCUT2D eigenvalue weighted by atomic mass is 10.0. The summed E-state index contributed by atoms with van der Waals surface area (Å²) in [5.41, 5.74) is 0.855.